The van der Waals surface area contributed by atoms with Crippen molar-refractivity contribution >= 4 is 48.4 Å². The summed E-state index contributed by atoms with van der Waals surface area (Å²) in [6.45, 7) is 2.35. The fourth-order valence-corrected chi connectivity index (χ4v) is 4.55. The Hall–Kier alpha value is -2.27. The lowest BCUT2D eigenvalue weighted by molar-refractivity contribution is -0.136. The molecular weight excluding hydrogens is 543 g/mol. The van der Waals surface area contributed by atoms with E-state index in [1.807, 2.05) is 45.5 Å². The summed E-state index contributed by atoms with van der Waals surface area (Å²) in [5, 5.41) is 2.67. The standard InChI is InChI=1S/C23H25IN2O5S/c1-15(22(28)26(2)12-11-21(27)31-32-24)13-25-23(29)30-14-20-18-9-5-3-7-16(18)17-8-4-6-10-19(17)20/h3-10,15,20H,11-14H2,1-2H3,(H,25,29)/t15-/m0/s1. The molecule has 0 unspecified atom stereocenters. The van der Waals surface area contributed by atoms with Gasteiger partial charge in [-0.1, -0.05) is 55.5 Å². The molecule has 0 spiro atoms. The van der Waals surface area contributed by atoms with Crippen molar-refractivity contribution in [3.05, 3.63) is 59.7 Å². The number of nitrogens with zero attached hydrogens (tertiary/aromatic N) is 1. The Morgan fingerprint density at radius 1 is 1.09 bits per heavy atom. The Bertz CT molecular complexity index is 941. The fraction of sp³-hybridized carbons (Fsp3) is 0.348. The second-order valence-corrected chi connectivity index (χ2v) is 9.01. The summed E-state index contributed by atoms with van der Waals surface area (Å²) in [5.74, 6) is -1.01. The second kappa shape index (κ2) is 11.6. The Morgan fingerprint density at radius 2 is 1.69 bits per heavy atom. The lowest BCUT2D eigenvalue weighted by atomic mass is 9.98. The van der Waals surface area contributed by atoms with Gasteiger partial charge < -0.3 is 19.1 Å². The van der Waals surface area contributed by atoms with Crippen LogP contribution < -0.4 is 5.32 Å². The number of carbonyl (C=O) groups is 3. The molecule has 0 heterocycles. The zero-order valence-corrected chi connectivity index (χ0v) is 20.9. The van der Waals surface area contributed by atoms with Crippen LogP contribution in [-0.4, -0.2) is 49.6 Å². The summed E-state index contributed by atoms with van der Waals surface area (Å²) in [6, 6.07) is 16.3. The first-order chi connectivity index (χ1) is 15.4. The maximum Gasteiger partial charge on any atom is 0.407 e. The van der Waals surface area contributed by atoms with Gasteiger partial charge in [0.25, 0.3) is 0 Å². The van der Waals surface area contributed by atoms with Gasteiger partial charge in [-0.25, -0.2) is 4.79 Å². The van der Waals surface area contributed by atoms with Crippen LogP contribution in [0, 0.1) is 5.92 Å². The zero-order valence-electron chi connectivity index (χ0n) is 17.9. The number of carbonyl (C=O) groups excluding carboxylic acids is 3. The van der Waals surface area contributed by atoms with Gasteiger partial charge >= 0.3 is 12.1 Å². The average Bonchev–Trinajstić information content (AvgIpc) is 3.13. The maximum atomic E-state index is 12.4. The molecule has 0 aliphatic heterocycles. The van der Waals surface area contributed by atoms with E-state index in [0.717, 1.165) is 20.3 Å². The number of rotatable bonds is 9. The van der Waals surface area contributed by atoms with Crippen molar-refractivity contribution in [1.29, 1.82) is 0 Å². The first-order valence-electron chi connectivity index (χ1n) is 10.2. The minimum atomic E-state index is -0.559. The molecule has 1 atom stereocenters. The number of amides is 2. The van der Waals surface area contributed by atoms with Crippen molar-refractivity contribution in [2.24, 2.45) is 5.92 Å². The minimum Gasteiger partial charge on any atom is -0.449 e. The van der Waals surface area contributed by atoms with Crippen LogP contribution in [0.3, 0.4) is 0 Å². The molecule has 7 nitrogen and oxygen atoms in total. The number of nitrogens with one attached hydrogen (secondary N) is 1. The van der Waals surface area contributed by atoms with Gasteiger partial charge in [-0.2, -0.15) is 0 Å². The lowest BCUT2D eigenvalue weighted by Crippen LogP contribution is -2.39. The van der Waals surface area contributed by atoms with Gasteiger partial charge in [0, 0.05) is 47.3 Å². The molecule has 0 radical (unpaired) electrons. The Balaban J connectivity index is 1.47. The van der Waals surface area contributed by atoms with Gasteiger partial charge in [-0.3, -0.25) is 9.59 Å². The predicted molar refractivity (Wildman–Crippen MR) is 132 cm³/mol. The van der Waals surface area contributed by atoms with E-state index >= 15 is 0 Å². The van der Waals surface area contributed by atoms with Crippen molar-refractivity contribution < 1.29 is 23.3 Å². The van der Waals surface area contributed by atoms with E-state index in [0.29, 0.717) is 0 Å². The number of alkyl carbamates (subject to hydrolysis) is 1. The zero-order chi connectivity index (χ0) is 23.1. The van der Waals surface area contributed by atoms with Crippen LogP contribution in [0.15, 0.2) is 48.5 Å². The molecule has 3 rings (SSSR count). The highest BCUT2D eigenvalue weighted by Crippen LogP contribution is 2.44. The fourth-order valence-electron chi connectivity index (χ4n) is 3.80. The molecule has 2 aromatic rings. The Morgan fingerprint density at radius 3 is 2.28 bits per heavy atom. The van der Waals surface area contributed by atoms with Crippen LogP contribution in [0.2, 0.25) is 0 Å². The van der Waals surface area contributed by atoms with E-state index in [1.165, 1.54) is 16.0 Å². The third kappa shape index (κ3) is 5.94. The van der Waals surface area contributed by atoms with Gasteiger partial charge in [0.05, 0.1) is 12.3 Å². The number of fused-ring (bicyclic) bond motifs is 3. The lowest BCUT2D eigenvalue weighted by Gasteiger charge is -2.21. The SMILES string of the molecule is C[C@@H](CNC(=O)OCC1c2ccccc2-c2ccccc21)C(=O)N(C)CCC(=O)OSI. The summed E-state index contributed by atoms with van der Waals surface area (Å²) in [7, 11) is 2.57. The van der Waals surface area contributed by atoms with Crippen LogP contribution in [-0.2, 0) is 18.5 Å². The monoisotopic (exact) mass is 568 g/mol. The molecule has 0 bridgehead atoms. The number of ether oxygens (including phenoxy) is 1. The topological polar surface area (TPSA) is 84.9 Å². The van der Waals surface area contributed by atoms with Crippen molar-refractivity contribution in [3.8, 4) is 11.1 Å². The quantitative estimate of drug-likeness (QED) is 0.353. The molecule has 2 amide bonds. The summed E-state index contributed by atoms with van der Waals surface area (Å²) in [4.78, 5) is 37.6. The maximum absolute atomic E-state index is 12.4. The average molecular weight is 568 g/mol. The van der Waals surface area contributed by atoms with Crippen LogP contribution >= 0.6 is 30.4 Å². The van der Waals surface area contributed by atoms with E-state index in [-0.39, 0.29) is 43.9 Å². The second-order valence-electron chi connectivity index (χ2n) is 7.64. The van der Waals surface area contributed by atoms with E-state index in [9.17, 15) is 14.4 Å². The molecule has 0 saturated heterocycles. The largest absolute Gasteiger partial charge is 0.449 e. The van der Waals surface area contributed by atoms with Gasteiger partial charge in [-0.05, 0) is 22.3 Å². The van der Waals surface area contributed by atoms with Crippen molar-refractivity contribution in [3.63, 3.8) is 0 Å². The van der Waals surface area contributed by atoms with Crippen LogP contribution in [0.1, 0.15) is 30.4 Å². The molecule has 2 aromatic carbocycles. The molecular formula is C23H25IN2O5S. The molecule has 0 saturated carbocycles. The first kappa shape index (κ1) is 24.4. The first-order valence-corrected chi connectivity index (χ1v) is 13.5. The summed E-state index contributed by atoms with van der Waals surface area (Å²) in [5.41, 5.74) is 4.62. The predicted octanol–water partition coefficient (Wildman–Crippen LogP) is 4.55. The number of hydrogen-bond donors (Lipinski definition) is 1. The van der Waals surface area contributed by atoms with Crippen molar-refractivity contribution in [1.82, 2.24) is 10.2 Å². The van der Waals surface area contributed by atoms with Gasteiger partial charge in [0.2, 0.25) is 5.91 Å². The molecule has 9 heteroatoms. The summed E-state index contributed by atoms with van der Waals surface area (Å²) >= 11 is 1.86. The number of benzene rings is 2. The summed E-state index contributed by atoms with van der Waals surface area (Å²) < 4.78 is 10.3. The smallest absolute Gasteiger partial charge is 0.407 e. The highest BCUT2D eigenvalue weighted by atomic mass is 127. The highest BCUT2D eigenvalue weighted by molar-refractivity contribution is 14.2. The Kier molecular flexibility index (Phi) is 8.80. The van der Waals surface area contributed by atoms with Gasteiger partial charge in [0.15, 0.2) is 0 Å². The summed E-state index contributed by atoms with van der Waals surface area (Å²) in [6.07, 6.45) is -0.443. The normalized spacial score (nSPS) is 13.0. The van der Waals surface area contributed by atoms with Crippen molar-refractivity contribution in [2.45, 2.75) is 19.3 Å². The molecule has 1 N–H and O–H groups in total. The molecule has 32 heavy (non-hydrogen) atoms. The van der Waals surface area contributed by atoms with Crippen LogP contribution in [0.25, 0.3) is 11.1 Å². The number of halogens is 1. The number of hydrogen-bond acceptors (Lipinski definition) is 6. The molecule has 0 aromatic heterocycles. The minimum absolute atomic E-state index is 0.0150. The van der Waals surface area contributed by atoms with Gasteiger partial charge in [0.1, 0.15) is 15.8 Å². The van der Waals surface area contributed by atoms with Gasteiger partial charge in [-0.15, -0.1) is 0 Å². The van der Waals surface area contributed by atoms with E-state index in [1.54, 1.807) is 14.0 Å². The Labute approximate surface area is 204 Å². The molecule has 170 valence electrons. The van der Waals surface area contributed by atoms with Crippen molar-refractivity contribution in [2.75, 3.05) is 26.7 Å². The van der Waals surface area contributed by atoms with Crippen LogP contribution in [0.4, 0.5) is 4.79 Å². The third-order valence-electron chi connectivity index (χ3n) is 5.47. The van der Waals surface area contributed by atoms with E-state index in [4.69, 9.17) is 8.92 Å². The highest BCUT2D eigenvalue weighted by Gasteiger charge is 2.29. The molecule has 1 aliphatic carbocycles. The molecule has 0 fully saturated rings. The van der Waals surface area contributed by atoms with E-state index < -0.39 is 12.0 Å². The van der Waals surface area contributed by atoms with E-state index in [2.05, 4.69) is 29.6 Å². The van der Waals surface area contributed by atoms with Crippen LogP contribution in [0.5, 0.6) is 0 Å². The third-order valence-corrected chi connectivity index (χ3v) is 6.26. The molecule has 1 aliphatic rings.